The molecular weight excluding hydrogens is 350 g/mol. The van der Waals surface area contributed by atoms with Gasteiger partial charge in [0.2, 0.25) is 0 Å². The lowest BCUT2D eigenvalue weighted by atomic mass is 10.1. The Kier molecular flexibility index (Phi) is 6.24. The highest BCUT2D eigenvalue weighted by Crippen LogP contribution is 2.27. The van der Waals surface area contributed by atoms with Crippen molar-refractivity contribution >= 4 is 21.7 Å². The minimum atomic E-state index is -3.07. The zero-order chi connectivity index (χ0) is 18.4. The average molecular weight is 371 g/mol. The van der Waals surface area contributed by atoms with Crippen molar-refractivity contribution in [1.29, 1.82) is 0 Å². The summed E-state index contributed by atoms with van der Waals surface area (Å²) in [6.45, 7) is -0.442. The summed E-state index contributed by atoms with van der Waals surface area (Å²) in [6, 6.07) is 4.62. The molecule has 1 heterocycles. The summed E-state index contributed by atoms with van der Waals surface area (Å²) in [4.78, 5) is 23.6. The molecule has 1 aromatic rings. The third-order valence-electron chi connectivity index (χ3n) is 3.76. The van der Waals surface area contributed by atoms with E-state index in [9.17, 15) is 18.0 Å². The number of carbonyl (C=O) groups excluding carboxylic acids is 2. The summed E-state index contributed by atoms with van der Waals surface area (Å²) in [5.74, 6) is -0.0438. The third kappa shape index (κ3) is 5.63. The molecule has 0 aromatic heterocycles. The molecule has 0 radical (unpaired) electrons. The lowest BCUT2D eigenvalue weighted by Gasteiger charge is -2.11. The molecule has 0 aliphatic carbocycles. The Bertz CT molecular complexity index is 745. The topological polar surface area (TPSA) is 108 Å². The molecule has 0 spiro atoms. The van der Waals surface area contributed by atoms with Crippen molar-refractivity contribution in [1.82, 2.24) is 5.32 Å². The second kappa shape index (κ2) is 8.19. The van der Waals surface area contributed by atoms with Gasteiger partial charge in [-0.1, -0.05) is 6.07 Å². The minimum Gasteiger partial charge on any atom is -0.493 e. The Morgan fingerprint density at radius 2 is 1.92 bits per heavy atom. The van der Waals surface area contributed by atoms with Crippen LogP contribution in [0, 0.1) is 0 Å². The van der Waals surface area contributed by atoms with Crippen molar-refractivity contribution in [2.75, 3.05) is 32.3 Å². The number of ether oxygens (including phenoxy) is 3. The molecule has 8 nitrogen and oxygen atoms in total. The highest BCUT2D eigenvalue weighted by molar-refractivity contribution is 7.91. The largest absolute Gasteiger partial charge is 0.493 e. The molecule has 1 atom stereocenters. The normalized spacial score (nSPS) is 18.4. The van der Waals surface area contributed by atoms with Gasteiger partial charge in [0.05, 0.1) is 32.1 Å². The number of methoxy groups -OCH3 is 2. The van der Waals surface area contributed by atoms with Gasteiger partial charge >= 0.3 is 5.97 Å². The summed E-state index contributed by atoms with van der Waals surface area (Å²) < 4.78 is 37.9. The van der Waals surface area contributed by atoms with Crippen molar-refractivity contribution < 1.29 is 32.2 Å². The molecule has 1 saturated heterocycles. The molecule has 0 saturated carbocycles. The number of rotatable bonds is 7. The van der Waals surface area contributed by atoms with E-state index >= 15 is 0 Å². The van der Waals surface area contributed by atoms with Crippen LogP contribution in [0.15, 0.2) is 18.2 Å². The fourth-order valence-corrected chi connectivity index (χ4v) is 4.21. The maximum absolute atomic E-state index is 11.8. The van der Waals surface area contributed by atoms with Crippen LogP contribution in [-0.4, -0.2) is 58.7 Å². The Morgan fingerprint density at radius 3 is 2.52 bits per heavy atom. The summed E-state index contributed by atoms with van der Waals surface area (Å²) >= 11 is 0. The first-order valence-electron chi connectivity index (χ1n) is 7.69. The summed E-state index contributed by atoms with van der Waals surface area (Å²) in [6.07, 6.45) is 0.360. The van der Waals surface area contributed by atoms with Crippen LogP contribution in [0.2, 0.25) is 0 Å². The number of esters is 1. The predicted octanol–water partition coefficient (Wildman–Crippen LogP) is 0.0928. The zero-order valence-electron chi connectivity index (χ0n) is 14.1. The van der Waals surface area contributed by atoms with Gasteiger partial charge in [-0.2, -0.15) is 0 Å². The minimum absolute atomic E-state index is 0.0224. The van der Waals surface area contributed by atoms with Gasteiger partial charge in [0.15, 0.2) is 27.9 Å². The van der Waals surface area contributed by atoms with Crippen molar-refractivity contribution in [3.8, 4) is 11.5 Å². The van der Waals surface area contributed by atoms with Crippen LogP contribution in [0.3, 0.4) is 0 Å². The van der Waals surface area contributed by atoms with Crippen molar-refractivity contribution in [2.45, 2.75) is 18.9 Å². The number of nitrogens with one attached hydrogen (secondary N) is 1. The Morgan fingerprint density at radius 1 is 1.20 bits per heavy atom. The van der Waals surface area contributed by atoms with Crippen molar-refractivity contribution in [3.05, 3.63) is 23.8 Å². The lowest BCUT2D eigenvalue weighted by molar-refractivity contribution is -0.148. The molecule has 2 rings (SSSR count). The summed E-state index contributed by atoms with van der Waals surface area (Å²) in [7, 11) is -0.0626. The van der Waals surface area contributed by atoms with E-state index in [4.69, 9.17) is 14.2 Å². The van der Waals surface area contributed by atoms with Crippen LogP contribution in [-0.2, 0) is 30.6 Å². The van der Waals surface area contributed by atoms with Crippen LogP contribution in [0.5, 0.6) is 11.5 Å². The lowest BCUT2D eigenvalue weighted by Crippen LogP contribution is -2.38. The highest BCUT2D eigenvalue weighted by atomic mass is 32.2. The van der Waals surface area contributed by atoms with Gasteiger partial charge in [0.1, 0.15) is 0 Å². The monoisotopic (exact) mass is 371 g/mol. The van der Waals surface area contributed by atoms with E-state index in [1.54, 1.807) is 18.2 Å². The number of amides is 1. The molecule has 1 aliphatic heterocycles. The third-order valence-corrected chi connectivity index (χ3v) is 5.53. The van der Waals surface area contributed by atoms with Crippen LogP contribution in [0.25, 0.3) is 0 Å². The zero-order valence-corrected chi connectivity index (χ0v) is 14.9. The van der Waals surface area contributed by atoms with Gasteiger partial charge < -0.3 is 19.5 Å². The smallest absolute Gasteiger partial charge is 0.310 e. The van der Waals surface area contributed by atoms with Crippen molar-refractivity contribution in [2.24, 2.45) is 0 Å². The van der Waals surface area contributed by atoms with Gasteiger partial charge in [-0.05, 0) is 24.1 Å². The maximum Gasteiger partial charge on any atom is 0.310 e. The average Bonchev–Trinajstić information content (AvgIpc) is 2.91. The number of sulfone groups is 1. The molecule has 1 fully saturated rings. The van der Waals surface area contributed by atoms with Crippen LogP contribution >= 0.6 is 0 Å². The molecule has 1 aliphatic rings. The predicted molar refractivity (Wildman–Crippen MR) is 89.4 cm³/mol. The molecule has 1 aromatic carbocycles. The van der Waals surface area contributed by atoms with Gasteiger partial charge in [-0.3, -0.25) is 9.59 Å². The Hall–Kier alpha value is -2.29. The summed E-state index contributed by atoms with van der Waals surface area (Å²) in [5, 5.41) is 2.56. The number of benzene rings is 1. The maximum atomic E-state index is 11.8. The first-order chi connectivity index (χ1) is 11.8. The van der Waals surface area contributed by atoms with E-state index < -0.39 is 34.4 Å². The molecule has 0 bridgehead atoms. The van der Waals surface area contributed by atoms with Crippen molar-refractivity contribution in [3.63, 3.8) is 0 Å². The SMILES string of the molecule is COc1ccc(CC(=O)OCC(=O)N[C@H]2CCS(=O)(=O)C2)cc1OC. The number of carbonyl (C=O) groups is 2. The first-order valence-corrected chi connectivity index (χ1v) is 9.51. The summed E-state index contributed by atoms with van der Waals surface area (Å²) in [5.41, 5.74) is 0.657. The van der Waals surface area contributed by atoms with E-state index in [0.29, 0.717) is 23.5 Å². The van der Waals surface area contributed by atoms with Gasteiger partial charge in [0, 0.05) is 6.04 Å². The van der Waals surface area contributed by atoms with Gasteiger partial charge in [0.25, 0.3) is 5.91 Å². The van der Waals surface area contributed by atoms with E-state index in [2.05, 4.69) is 5.32 Å². The molecule has 138 valence electrons. The van der Waals surface area contributed by atoms with Gasteiger partial charge in [-0.25, -0.2) is 8.42 Å². The highest BCUT2D eigenvalue weighted by Gasteiger charge is 2.29. The van der Waals surface area contributed by atoms with E-state index in [1.165, 1.54) is 14.2 Å². The molecule has 0 unspecified atom stereocenters. The molecule has 1 N–H and O–H groups in total. The van der Waals surface area contributed by atoms with E-state index in [0.717, 1.165) is 0 Å². The second-order valence-electron chi connectivity index (χ2n) is 5.69. The molecular formula is C16H21NO7S. The van der Waals surface area contributed by atoms with E-state index in [1.807, 2.05) is 0 Å². The van der Waals surface area contributed by atoms with E-state index in [-0.39, 0.29) is 17.9 Å². The fourth-order valence-electron chi connectivity index (χ4n) is 2.53. The van der Waals surface area contributed by atoms with Gasteiger partial charge in [-0.15, -0.1) is 0 Å². The number of hydrogen-bond donors (Lipinski definition) is 1. The quantitative estimate of drug-likeness (QED) is 0.677. The molecule has 9 heteroatoms. The van der Waals surface area contributed by atoms with Crippen LogP contribution < -0.4 is 14.8 Å². The second-order valence-corrected chi connectivity index (χ2v) is 7.92. The Labute approximate surface area is 146 Å². The molecule has 1 amide bonds. The fraction of sp³-hybridized carbons (Fsp3) is 0.500. The molecule has 25 heavy (non-hydrogen) atoms. The first kappa shape index (κ1) is 19.0. The van der Waals surface area contributed by atoms with Crippen LogP contribution in [0.1, 0.15) is 12.0 Å². The Balaban J connectivity index is 1.79. The number of hydrogen-bond acceptors (Lipinski definition) is 7. The standard InChI is InChI=1S/C16H21NO7S/c1-22-13-4-3-11(7-14(13)23-2)8-16(19)24-9-15(18)17-12-5-6-25(20,21)10-12/h3-4,7,12H,5-6,8-10H2,1-2H3,(H,17,18)/t12-/m0/s1. The van der Waals surface area contributed by atoms with Crippen LogP contribution in [0.4, 0.5) is 0 Å².